The maximum absolute atomic E-state index is 2.57. The molecule has 165 valence electrons. The van der Waals surface area contributed by atoms with Crippen molar-refractivity contribution in [1.82, 2.24) is 0 Å². The summed E-state index contributed by atoms with van der Waals surface area (Å²) in [6.07, 6.45) is 22.2. The second kappa shape index (κ2) is 9.92. The average Bonchev–Trinajstić information content (AvgIpc) is 3.11. The van der Waals surface area contributed by atoms with E-state index in [-0.39, 0.29) is 7.92 Å². The van der Waals surface area contributed by atoms with Crippen molar-refractivity contribution in [1.29, 1.82) is 0 Å². The van der Waals surface area contributed by atoms with E-state index in [1.165, 1.54) is 64.2 Å². The van der Waals surface area contributed by atoms with Crippen LogP contribution in [-0.2, 0) is 0 Å². The topological polar surface area (TPSA) is 0 Å². The Kier molecular flexibility index (Phi) is 8.24. The van der Waals surface area contributed by atoms with Gasteiger partial charge in [-0.1, -0.05) is 121 Å². The lowest BCUT2D eigenvalue weighted by Gasteiger charge is -2.50. The molecule has 0 aromatic heterocycles. The van der Waals surface area contributed by atoms with Crippen LogP contribution in [0.15, 0.2) is 0 Å². The van der Waals surface area contributed by atoms with Gasteiger partial charge < -0.3 is 0 Å². The molecule has 1 heteroatoms. The highest BCUT2D eigenvalue weighted by Gasteiger charge is 2.49. The van der Waals surface area contributed by atoms with Crippen LogP contribution in [0.2, 0.25) is 0 Å². The van der Waals surface area contributed by atoms with Crippen LogP contribution in [0, 0.1) is 48.9 Å². The zero-order valence-corrected chi connectivity index (χ0v) is 21.5. The smallest absolute Gasteiger partial charge is 0.00592 e. The molecule has 0 nitrogen and oxygen atoms in total. The molecule has 1 atom stereocenters. The van der Waals surface area contributed by atoms with Gasteiger partial charge in [-0.05, 0) is 64.8 Å². The molecule has 29 heavy (non-hydrogen) atoms. The zero-order chi connectivity index (χ0) is 21.2. The van der Waals surface area contributed by atoms with Gasteiger partial charge >= 0.3 is 0 Å². The molecule has 3 aliphatic carbocycles. The van der Waals surface area contributed by atoms with Gasteiger partial charge in [-0.25, -0.2) is 0 Å². The second-order valence-electron chi connectivity index (χ2n) is 12.1. The maximum Gasteiger partial charge on any atom is -0.00592 e. The van der Waals surface area contributed by atoms with Gasteiger partial charge in [-0.2, -0.15) is 0 Å². The van der Waals surface area contributed by atoms with Crippen molar-refractivity contribution in [3.05, 3.63) is 31.1 Å². The Hall–Kier alpha value is 0.430. The van der Waals surface area contributed by atoms with Gasteiger partial charge in [-0.15, -0.1) is 0 Å². The van der Waals surface area contributed by atoms with E-state index in [2.05, 4.69) is 67.7 Å². The highest BCUT2D eigenvalue weighted by atomic mass is 31.1. The third-order valence-electron chi connectivity index (χ3n) is 7.84. The van der Waals surface area contributed by atoms with E-state index in [0.29, 0.717) is 16.0 Å². The molecule has 5 radical (unpaired) electrons. The van der Waals surface area contributed by atoms with Crippen molar-refractivity contribution in [2.24, 2.45) is 17.8 Å². The molecule has 3 saturated carbocycles. The third kappa shape index (κ3) is 5.82. The van der Waals surface area contributed by atoms with E-state index in [0.717, 1.165) is 17.8 Å². The molecule has 3 aliphatic rings. The Bertz CT molecular complexity index is 451. The predicted molar refractivity (Wildman–Crippen MR) is 132 cm³/mol. The molecule has 0 amide bonds. The monoisotopic (exact) mass is 415 g/mol. The molecule has 0 N–H and O–H groups in total. The second-order valence-corrected chi connectivity index (χ2v) is 16.3. The third-order valence-corrected chi connectivity index (χ3v) is 11.8. The van der Waals surface area contributed by atoms with E-state index >= 15 is 0 Å². The Morgan fingerprint density at radius 3 is 1.52 bits per heavy atom. The molecule has 0 aromatic rings. The zero-order valence-electron chi connectivity index (χ0n) is 20.6. The van der Waals surface area contributed by atoms with E-state index in [1.54, 1.807) is 11.8 Å². The molecule has 0 heterocycles. The summed E-state index contributed by atoms with van der Waals surface area (Å²) in [5.74, 6) is 6.21. The average molecular weight is 416 g/mol. The number of hydrogen-bond acceptors (Lipinski definition) is 0. The molecule has 0 bridgehead atoms. The lowest BCUT2D eigenvalue weighted by Crippen LogP contribution is -2.38. The first-order chi connectivity index (χ1) is 13.6. The molecular weight excluding hydrogens is 367 g/mol. The summed E-state index contributed by atoms with van der Waals surface area (Å²) in [7, 11) is -0.130. The van der Waals surface area contributed by atoms with Crippen LogP contribution in [0.25, 0.3) is 0 Å². The molecule has 0 saturated heterocycles. The minimum absolute atomic E-state index is 0.130. The van der Waals surface area contributed by atoms with E-state index < -0.39 is 0 Å². The number of rotatable bonds is 5. The minimum Gasteiger partial charge on any atom is -0.0921 e. The van der Waals surface area contributed by atoms with Crippen molar-refractivity contribution in [2.75, 3.05) is 0 Å². The maximum atomic E-state index is 2.57. The van der Waals surface area contributed by atoms with Gasteiger partial charge in [0.1, 0.15) is 0 Å². The highest BCUT2D eigenvalue weighted by molar-refractivity contribution is 7.61. The Morgan fingerprint density at radius 2 is 1.10 bits per heavy atom. The van der Waals surface area contributed by atoms with Gasteiger partial charge in [0.05, 0.1) is 0 Å². The van der Waals surface area contributed by atoms with Crippen molar-refractivity contribution in [3.8, 4) is 0 Å². The molecule has 0 aliphatic heterocycles. The van der Waals surface area contributed by atoms with Gasteiger partial charge in [0.25, 0.3) is 0 Å². The summed E-state index contributed by atoms with van der Waals surface area (Å²) in [6.45, 7) is 17.5. The Labute approximate surface area is 185 Å². The Balaban J connectivity index is 1.86. The highest BCUT2D eigenvalue weighted by Crippen LogP contribution is 2.67. The summed E-state index contributed by atoms with van der Waals surface area (Å²) in [4.78, 5) is 0. The van der Waals surface area contributed by atoms with Crippen molar-refractivity contribution < 1.29 is 0 Å². The molecule has 0 aromatic carbocycles. The lowest BCUT2D eigenvalue weighted by atomic mass is 9.62. The first kappa shape index (κ1) is 24.1. The van der Waals surface area contributed by atoms with Crippen LogP contribution in [-0.4, -0.2) is 16.0 Å². The lowest BCUT2D eigenvalue weighted by molar-refractivity contribution is 0.157. The fraction of sp³-hybridized carbons (Fsp3) is 0.821. The summed E-state index contributed by atoms with van der Waals surface area (Å²) < 4.78 is 0. The first-order valence-corrected chi connectivity index (χ1v) is 14.1. The van der Waals surface area contributed by atoms with E-state index in [4.69, 9.17) is 0 Å². The molecular formula is C28H48P. The summed E-state index contributed by atoms with van der Waals surface area (Å²) in [5.41, 5.74) is 0.685. The molecule has 1 unspecified atom stereocenters. The van der Waals surface area contributed by atoms with Crippen molar-refractivity contribution >= 4 is 7.92 Å². The minimum atomic E-state index is -0.130. The van der Waals surface area contributed by atoms with Crippen LogP contribution in [0.3, 0.4) is 0 Å². The summed E-state index contributed by atoms with van der Waals surface area (Å²) in [5, 5.41) is 0.763. The predicted octanol–water partition coefficient (Wildman–Crippen LogP) is 9.01. The standard InChI is InChI=1S/C28H48P/c1-21(29(27(2,3)4)28(5,6)7)24-19-14-20-25(24)26(22-15-10-8-11-16-22)23-17-12-9-13-18-23/h14,19-23,26H,8-13,15-18H2,1-7H3. The van der Waals surface area contributed by atoms with Gasteiger partial charge in [0.2, 0.25) is 0 Å². The molecule has 3 fully saturated rings. The quantitative estimate of drug-likeness (QED) is 0.393. The SMILES string of the molecule is CC([C]1[CH][CH][CH][C]1C(C1CCCCC1)C1CCCCC1)P(C(C)(C)C)C(C)(C)C. The molecule has 3 rings (SSSR count). The van der Waals surface area contributed by atoms with E-state index in [1.807, 2.05) is 0 Å². The van der Waals surface area contributed by atoms with Crippen LogP contribution in [0.5, 0.6) is 0 Å². The van der Waals surface area contributed by atoms with Gasteiger partial charge in [0.15, 0.2) is 0 Å². The number of hydrogen-bond donors (Lipinski definition) is 0. The summed E-state index contributed by atoms with van der Waals surface area (Å²) in [6, 6.07) is 0. The largest absolute Gasteiger partial charge is 0.0921 e. The van der Waals surface area contributed by atoms with Gasteiger partial charge in [-0.3, -0.25) is 0 Å². The van der Waals surface area contributed by atoms with Crippen LogP contribution < -0.4 is 0 Å². The van der Waals surface area contributed by atoms with Crippen molar-refractivity contribution in [2.45, 2.75) is 129 Å². The van der Waals surface area contributed by atoms with Gasteiger partial charge in [0, 0.05) is 0 Å². The first-order valence-electron chi connectivity index (χ1n) is 12.7. The Morgan fingerprint density at radius 1 is 0.690 bits per heavy atom. The molecule has 0 spiro atoms. The fourth-order valence-electron chi connectivity index (χ4n) is 7.32. The summed E-state index contributed by atoms with van der Waals surface area (Å²) >= 11 is 0. The van der Waals surface area contributed by atoms with Crippen LogP contribution >= 0.6 is 7.92 Å². The van der Waals surface area contributed by atoms with E-state index in [9.17, 15) is 0 Å². The van der Waals surface area contributed by atoms with Crippen LogP contribution in [0.1, 0.15) is 113 Å². The van der Waals surface area contributed by atoms with Crippen LogP contribution in [0.4, 0.5) is 0 Å². The normalized spacial score (nSPS) is 26.0. The van der Waals surface area contributed by atoms with Crippen molar-refractivity contribution in [3.63, 3.8) is 0 Å². The fourth-order valence-corrected chi connectivity index (χ4v) is 12.2.